The molecule has 0 saturated heterocycles. The van der Waals surface area contributed by atoms with Gasteiger partial charge in [0.05, 0.1) is 11.4 Å². The van der Waals surface area contributed by atoms with Gasteiger partial charge in [-0.1, -0.05) is 36.4 Å². The van der Waals surface area contributed by atoms with E-state index < -0.39 is 5.54 Å². The molecule has 29 heavy (non-hydrogen) atoms. The summed E-state index contributed by atoms with van der Waals surface area (Å²) >= 11 is 0. The van der Waals surface area contributed by atoms with E-state index in [-0.39, 0.29) is 23.2 Å². The van der Waals surface area contributed by atoms with Gasteiger partial charge < -0.3 is 0 Å². The Morgan fingerprint density at radius 1 is 0.724 bits per heavy atom. The predicted molar refractivity (Wildman–Crippen MR) is 118 cm³/mol. The summed E-state index contributed by atoms with van der Waals surface area (Å²) in [7, 11) is 0. The van der Waals surface area contributed by atoms with Gasteiger partial charge in [-0.25, -0.2) is 0 Å². The highest BCUT2D eigenvalue weighted by Crippen LogP contribution is 2.18. The van der Waals surface area contributed by atoms with Gasteiger partial charge in [0.15, 0.2) is 23.2 Å². The maximum Gasteiger partial charge on any atom is 0.198 e. The zero-order valence-electron chi connectivity index (χ0n) is 17.4. The predicted octanol–water partition coefficient (Wildman–Crippen LogP) is 4.12. The van der Waals surface area contributed by atoms with Crippen LogP contribution in [0.5, 0.6) is 0 Å². The van der Waals surface area contributed by atoms with E-state index in [4.69, 9.17) is 0 Å². The number of anilines is 2. The van der Waals surface area contributed by atoms with Crippen LogP contribution in [0.25, 0.3) is 0 Å². The maximum atomic E-state index is 12.5. The molecule has 0 aliphatic rings. The zero-order chi connectivity index (χ0) is 21.4. The Bertz CT molecular complexity index is 830. The van der Waals surface area contributed by atoms with Crippen molar-refractivity contribution >= 4 is 34.6 Å². The Labute approximate surface area is 171 Å². The fourth-order valence-electron chi connectivity index (χ4n) is 2.57. The van der Waals surface area contributed by atoms with Crippen LogP contribution in [0.3, 0.4) is 0 Å². The molecule has 0 heterocycles. The number of carbonyl (C=O) groups is 2. The van der Waals surface area contributed by atoms with Crippen LogP contribution in [0.2, 0.25) is 0 Å². The molecule has 0 aliphatic carbocycles. The van der Waals surface area contributed by atoms with Crippen molar-refractivity contribution in [3.63, 3.8) is 0 Å². The van der Waals surface area contributed by atoms with E-state index in [1.165, 1.54) is 13.8 Å². The van der Waals surface area contributed by atoms with Crippen LogP contribution in [0, 0.1) is 0 Å². The minimum Gasteiger partial charge on any atom is -0.297 e. The number of carbonyl (C=O) groups excluding carboxylic acids is 2. The summed E-state index contributed by atoms with van der Waals surface area (Å²) in [6.45, 7) is 8.47. The molecule has 0 bridgehead atoms. The zero-order valence-corrected chi connectivity index (χ0v) is 17.4. The maximum absolute atomic E-state index is 12.5. The van der Waals surface area contributed by atoms with Gasteiger partial charge in [-0.2, -0.15) is 10.2 Å². The monoisotopic (exact) mass is 393 g/mol. The summed E-state index contributed by atoms with van der Waals surface area (Å²) in [6, 6.07) is 18.5. The van der Waals surface area contributed by atoms with E-state index in [0.717, 1.165) is 11.4 Å². The Morgan fingerprint density at radius 3 is 1.34 bits per heavy atom. The quantitative estimate of drug-likeness (QED) is 0.438. The van der Waals surface area contributed by atoms with Crippen molar-refractivity contribution in [2.75, 3.05) is 10.9 Å². The molecule has 2 rings (SSSR count). The Balaban J connectivity index is 2.46. The molecule has 7 heteroatoms. The average Bonchev–Trinajstić information content (AvgIpc) is 2.67. The molecule has 0 aromatic heterocycles. The summed E-state index contributed by atoms with van der Waals surface area (Å²) in [5, 5.41) is 8.60. The van der Waals surface area contributed by atoms with Crippen LogP contribution < -0.4 is 10.9 Å². The summed E-state index contributed by atoms with van der Waals surface area (Å²) in [5.41, 5.74) is 6.59. The number of benzene rings is 2. The van der Waals surface area contributed by atoms with Crippen molar-refractivity contribution in [3.05, 3.63) is 60.7 Å². The lowest BCUT2D eigenvalue weighted by molar-refractivity contribution is -0.112. The molecule has 0 unspecified atom stereocenters. The van der Waals surface area contributed by atoms with Crippen LogP contribution >= 0.6 is 0 Å². The highest BCUT2D eigenvalue weighted by Gasteiger charge is 2.34. The van der Waals surface area contributed by atoms with Crippen LogP contribution in [-0.2, 0) is 9.59 Å². The number of nitrogens with one attached hydrogen (secondary N) is 2. The topological polar surface area (TPSA) is 86.2 Å². The minimum atomic E-state index is -0.633. The van der Waals surface area contributed by atoms with Crippen molar-refractivity contribution in [2.24, 2.45) is 10.2 Å². The molecule has 0 aliphatic heterocycles. The molecule has 0 radical (unpaired) electrons. The van der Waals surface area contributed by atoms with E-state index in [1.54, 1.807) is 4.90 Å². The van der Waals surface area contributed by atoms with Gasteiger partial charge in [-0.15, -0.1) is 0 Å². The second-order valence-corrected chi connectivity index (χ2v) is 7.45. The number of nitrogens with zero attached hydrogens (tertiary/aromatic N) is 3. The van der Waals surface area contributed by atoms with Crippen LogP contribution in [0.1, 0.15) is 34.6 Å². The number of hydrogen-bond acceptors (Lipinski definition) is 6. The van der Waals surface area contributed by atoms with Crippen molar-refractivity contribution in [1.82, 2.24) is 4.90 Å². The van der Waals surface area contributed by atoms with E-state index in [2.05, 4.69) is 21.1 Å². The van der Waals surface area contributed by atoms with Gasteiger partial charge in [0, 0.05) is 19.4 Å². The normalized spacial score (nSPS) is 12.3. The minimum absolute atomic E-state index is 0.0881. The van der Waals surface area contributed by atoms with Crippen LogP contribution in [0.15, 0.2) is 70.9 Å². The lowest BCUT2D eigenvalue weighted by atomic mass is 10.0. The first-order chi connectivity index (χ1) is 13.7. The third kappa shape index (κ3) is 6.27. The number of hydrogen-bond donors (Lipinski definition) is 2. The smallest absolute Gasteiger partial charge is 0.198 e. The SMILES string of the molecule is CC(=O)C(=NNc1ccccc1)N(C(=NNc1ccccc1)C(C)=O)C(C)(C)C. The van der Waals surface area contributed by atoms with E-state index in [9.17, 15) is 9.59 Å². The lowest BCUT2D eigenvalue weighted by Gasteiger charge is -2.36. The third-order valence-corrected chi connectivity index (χ3v) is 3.85. The van der Waals surface area contributed by atoms with Crippen LogP contribution in [0.4, 0.5) is 11.4 Å². The standard InChI is InChI=1S/C22H27N5O2/c1-16(28)20(25-23-18-12-8-6-9-13-18)27(22(3,4)5)21(17(2)29)26-24-19-14-10-7-11-15-19/h6-15,23-24H,1-5H3. The van der Waals surface area contributed by atoms with Gasteiger partial charge >= 0.3 is 0 Å². The highest BCUT2D eigenvalue weighted by atomic mass is 16.1. The van der Waals surface area contributed by atoms with Crippen molar-refractivity contribution < 1.29 is 9.59 Å². The fraction of sp³-hybridized carbons (Fsp3) is 0.273. The van der Waals surface area contributed by atoms with E-state index >= 15 is 0 Å². The largest absolute Gasteiger partial charge is 0.297 e. The molecule has 0 fully saturated rings. The van der Waals surface area contributed by atoms with Crippen molar-refractivity contribution in [3.8, 4) is 0 Å². The van der Waals surface area contributed by atoms with Gasteiger partial charge in [0.25, 0.3) is 0 Å². The first-order valence-electron chi connectivity index (χ1n) is 9.29. The molecular weight excluding hydrogens is 366 g/mol. The Kier molecular flexibility index (Phi) is 7.25. The highest BCUT2D eigenvalue weighted by molar-refractivity contribution is 6.49. The number of ketones is 2. The molecule has 152 valence electrons. The lowest BCUT2D eigenvalue weighted by Crippen LogP contribution is -2.54. The van der Waals surface area contributed by atoms with Crippen molar-refractivity contribution in [2.45, 2.75) is 40.2 Å². The molecule has 0 saturated carbocycles. The summed E-state index contributed by atoms with van der Waals surface area (Å²) in [5.74, 6) is -0.413. The number of rotatable bonds is 6. The fourth-order valence-corrected chi connectivity index (χ4v) is 2.57. The molecule has 2 N–H and O–H groups in total. The first kappa shape index (κ1) is 21.8. The van der Waals surface area contributed by atoms with Gasteiger partial charge in [0.1, 0.15) is 0 Å². The first-order valence-corrected chi connectivity index (χ1v) is 9.29. The molecule has 7 nitrogen and oxygen atoms in total. The van der Waals surface area contributed by atoms with Gasteiger partial charge in [-0.3, -0.25) is 25.3 Å². The molecular formula is C22H27N5O2. The van der Waals surface area contributed by atoms with E-state index in [1.807, 2.05) is 81.4 Å². The Morgan fingerprint density at radius 2 is 1.07 bits per heavy atom. The second kappa shape index (κ2) is 9.64. The molecule has 2 aromatic rings. The number of Topliss-reactive ketones (excluding diaryl/α,β-unsaturated/α-hetero) is 2. The molecule has 0 atom stereocenters. The van der Waals surface area contributed by atoms with Crippen molar-refractivity contribution in [1.29, 1.82) is 0 Å². The Hall–Kier alpha value is -3.48. The number of para-hydroxylation sites is 2. The van der Waals surface area contributed by atoms with E-state index in [0.29, 0.717) is 0 Å². The second-order valence-electron chi connectivity index (χ2n) is 7.45. The van der Waals surface area contributed by atoms with Gasteiger partial charge in [0.2, 0.25) is 0 Å². The summed E-state index contributed by atoms with van der Waals surface area (Å²) in [4.78, 5) is 26.5. The molecule has 0 amide bonds. The molecule has 0 spiro atoms. The molecule has 2 aromatic carbocycles. The van der Waals surface area contributed by atoms with Crippen LogP contribution in [-0.4, -0.2) is 33.7 Å². The number of hydrazone groups is 2. The number of amidine groups is 2. The average molecular weight is 393 g/mol. The third-order valence-electron chi connectivity index (χ3n) is 3.85. The summed E-state index contributed by atoms with van der Waals surface area (Å²) < 4.78 is 0. The van der Waals surface area contributed by atoms with Gasteiger partial charge in [-0.05, 0) is 45.0 Å². The summed E-state index contributed by atoms with van der Waals surface area (Å²) in [6.07, 6.45) is 0.